The fourth-order valence-corrected chi connectivity index (χ4v) is 2.82. The molecule has 2 rings (SSSR count). The highest BCUT2D eigenvalue weighted by Gasteiger charge is 2.14. The molecule has 2 N–H and O–H groups in total. The summed E-state index contributed by atoms with van der Waals surface area (Å²) in [6.07, 6.45) is 0.998. The van der Waals surface area contributed by atoms with Crippen LogP contribution < -0.4 is 10.5 Å². The van der Waals surface area contributed by atoms with Crippen LogP contribution in [0.5, 0.6) is 5.75 Å². The molecule has 106 valence electrons. The molecule has 2 aromatic rings. The van der Waals surface area contributed by atoms with Crippen LogP contribution in [0.4, 0.5) is 0 Å². The summed E-state index contributed by atoms with van der Waals surface area (Å²) in [4.78, 5) is 0. The van der Waals surface area contributed by atoms with Gasteiger partial charge >= 0.3 is 0 Å². The van der Waals surface area contributed by atoms with Crippen LogP contribution >= 0.6 is 0 Å². The van der Waals surface area contributed by atoms with E-state index in [9.17, 15) is 0 Å². The predicted molar refractivity (Wildman–Crippen MR) is 84.3 cm³/mol. The van der Waals surface area contributed by atoms with E-state index in [-0.39, 0.29) is 6.04 Å². The third-order valence-electron chi connectivity index (χ3n) is 3.82. The Morgan fingerprint density at radius 2 is 1.70 bits per heavy atom. The monoisotopic (exact) mass is 269 g/mol. The summed E-state index contributed by atoms with van der Waals surface area (Å²) in [5.41, 5.74) is 12.4. The van der Waals surface area contributed by atoms with E-state index in [1.54, 1.807) is 7.11 Å². The van der Waals surface area contributed by atoms with Crippen molar-refractivity contribution in [3.8, 4) is 5.75 Å². The van der Waals surface area contributed by atoms with E-state index in [1.807, 2.05) is 0 Å². The van der Waals surface area contributed by atoms with Gasteiger partial charge in [-0.3, -0.25) is 0 Å². The van der Waals surface area contributed by atoms with Gasteiger partial charge in [0.1, 0.15) is 5.75 Å². The van der Waals surface area contributed by atoms with Crippen LogP contribution in [0.2, 0.25) is 0 Å². The molecule has 0 radical (unpaired) electrons. The summed E-state index contributed by atoms with van der Waals surface area (Å²) in [7, 11) is 1.71. The zero-order chi connectivity index (χ0) is 14.7. The lowest BCUT2D eigenvalue weighted by atomic mass is 9.92. The van der Waals surface area contributed by atoms with Crippen molar-refractivity contribution in [2.24, 2.45) is 5.73 Å². The molecular weight excluding hydrogens is 246 g/mol. The van der Waals surface area contributed by atoms with Crippen molar-refractivity contribution in [1.29, 1.82) is 0 Å². The minimum atomic E-state index is -0.0885. The highest BCUT2D eigenvalue weighted by Crippen LogP contribution is 2.30. The van der Waals surface area contributed by atoms with Gasteiger partial charge in [-0.2, -0.15) is 0 Å². The number of rotatable bonds is 4. The molecule has 0 bridgehead atoms. The first-order valence-corrected chi connectivity index (χ1v) is 7.07. The highest BCUT2D eigenvalue weighted by atomic mass is 16.5. The maximum absolute atomic E-state index is 6.48. The first kappa shape index (κ1) is 14.6. The average molecular weight is 269 g/mol. The molecule has 1 atom stereocenters. The summed E-state index contributed by atoms with van der Waals surface area (Å²) < 4.78 is 5.42. The lowest BCUT2D eigenvalue weighted by Gasteiger charge is -2.19. The van der Waals surface area contributed by atoms with Crippen molar-refractivity contribution in [3.05, 3.63) is 64.2 Å². The van der Waals surface area contributed by atoms with Crippen molar-refractivity contribution < 1.29 is 4.74 Å². The summed E-state index contributed by atoms with van der Waals surface area (Å²) in [5, 5.41) is 0. The van der Waals surface area contributed by atoms with Gasteiger partial charge in [-0.1, -0.05) is 43.3 Å². The Labute approximate surface area is 121 Å². The average Bonchev–Trinajstić information content (AvgIpc) is 2.46. The van der Waals surface area contributed by atoms with E-state index in [1.165, 1.54) is 11.1 Å². The zero-order valence-corrected chi connectivity index (χ0v) is 12.7. The Morgan fingerprint density at radius 3 is 2.25 bits per heavy atom. The SMILES string of the molecule is CCc1ccccc1C(N)c1cc(C)c(OC)c(C)c1. The van der Waals surface area contributed by atoms with Crippen molar-refractivity contribution in [2.45, 2.75) is 33.2 Å². The second kappa shape index (κ2) is 6.10. The maximum Gasteiger partial charge on any atom is 0.124 e. The van der Waals surface area contributed by atoms with E-state index in [4.69, 9.17) is 10.5 Å². The minimum absolute atomic E-state index is 0.0885. The van der Waals surface area contributed by atoms with Gasteiger partial charge in [-0.15, -0.1) is 0 Å². The standard InChI is InChI=1S/C18H23NO/c1-5-14-8-6-7-9-16(14)17(19)15-10-12(2)18(20-4)13(3)11-15/h6-11,17H,5,19H2,1-4H3. The van der Waals surface area contributed by atoms with Crippen LogP contribution in [-0.4, -0.2) is 7.11 Å². The molecule has 0 spiro atoms. The van der Waals surface area contributed by atoms with E-state index in [0.717, 1.165) is 28.9 Å². The van der Waals surface area contributed by atoms with Crippen molar-refractivity contribution in [1.82, 2.24) is 0 Å². The van der Waals surface area contributed by atoms with E-state index < -0.39 is 0 Å². The summed E-state index contributed by atoms with van der Waals surface area (Å²) >= 11 is 0. The largest absolute Gasteiger partial charge is 0.496 e. The predicted octanol–water partition coefficient (Wildman–Crippen LogP) is 3.92. The molecule has 2 heteroatoms. The van der Waals surface area contributed by atoms with Crippen molar-refractivity contribution in [3.63, 3.8) is 0 Å². The quantitative estimate of drug-likeness (QED) is 0.913. The van der Waals surface area contributed by atoms with Gasteiger partial charge in [0.05, 0.1) is 13.2 Å². The van der Waals surface area contributed by atoms with Gasteiger partial charge in [0.2, 0.25) is 0 Å². The number of ether oxygens (including phenoxy) is 1. The first-order valence-electron chi connectivity index (χ1n) is 7.07. The van der Waals surface area contributed by atoms with Crippen LogP contribution in [0.3, 0.4) is 0 Å². The molecule has 0 saturated heterocycles. The van der Waals surface area contributed by atoms with Crippen LogP contribution in [0.25, 0.3) is 0 Å². The third kappa shape index (κ3) is 2.70. The fourth-order valence-electron chi connectivity index (χ4n) is 2.82. The molecular formula is C18H23NO. The fraction of sp³-hybridized carbons (Fsp3) is 0.333. The van der Waals surface area contributed by atoms with Gasteiger partial charge in [0.25, 0.3) is 0 Å². The number of nitrogens with two attached hydrogens (primary N) is 1. The molecule has 1 unspecified atom stereocenters. The molecule has 0 aliphatic carbocycles. The molecule has 0 saturated carbocycles. The van der Waals surface area contributed by atoms with Crippen LogP contribution in [0.15, 0.2) is 36.4 Å². The zero-order valence-electron chi connectivity index (χ0n) is 12.7. The number of hydrogen-bond acceptors (Lipinski definition) is 2. The molecule has 0 aromatic heterocycles. The second-order valence-electron chi connectivity index (χ2n) is 5.22. The number of methoxy groups -OCH3 is 1. The highest BCUT2D eigenvalue weighted by molar-refractivity contribution is 5.47. The van der Waals surface area contributed by atoms with Crippen LogP contribution in [-0.2, 0) is 6.42 Å². The number of benzene rings is 2. The molecule has 0 fully saturated rings. The van der Waals surface area contributed by atoms with Crippen molar-refractivity contribution in [2.75, 3.05) is 7.11 Å². The molecule has 0 aliphatic rings. The topological polar surface area (TPSA) is 35.2 Å². The Morgan fingerprint density at radius 1 is 1.10 bits per heavy atom. The molecule has 0 aliphatic heterocycles. The van der Waals surface area contributed by atoms with E-state index in [0.29, 0.717) is 0 Å². The summed E-state index contributed by atoms with van der Waals surface area (Å²) in [5.74, 6) is 0.949. The van der Waals surface area contributed by atoms with Gasteiger partial charge in [0.15, 0.2) is 0 Å². The first-order chi connectivity index (χ1) is 9.58. The molecule has 0 amide bonds. The van der Waals surface area contributed by atoms with E-state index in [2.05, 4.69) is 57.2 Å². The minimum Gasteiger partial charge on any atom is -0.496 e. The number of aryl methyl sites for hydroxylation is 3. The Hall–Kier alpha value is -1.80. The Balaban J connectivity index is 2.46. The van der Waals surface area contributed by atoms with E-state index >= 15 is 0 Å². The van der Waals surface area contributed by atoms with Crippen molar-refractivity contribution >= 4 is 0 Å². The number of hydrogen-bond donors (Lipinski definition) is 1. The van der Waals surface area contributed by atoms with Gasteiger partial charge in [-0.25, -0.2) is 0 Å². The Bertz CT molecular complexity index is 581. The third-order valence-corrected chi connectivity index (χ3v) is 3.82. The molecule has 2 aromatic carbocycles. The molecule has 20 heavy (non-hydrogen) atoms. The van der Waals surface area contributed by atoms with Gasteiger partial charge in [-0.05, 0) is 48.1 Å². The normalized spacial score (nSPS) is 12.2. The summed E-state index contributed by atoms with van der Waals surface area (Å²) in [6.45, 7) is 6.29. The molecule has 0 heterocycles. The second-order valence-corrected chi connectivity index (χ2v) is 5.22. The summed E-state index contributed by atoms with van der Waals surface area (Å²) in [6, 6.07) is 12.6. The van der Waals surface area contributed by atoms with Gasteiger partial charge in [0, 0.05) is 0 Å². The Kier molecular flexibility index (Phi) is 4.46. The molecule has 2 nitrogen and oxygen atoms in total. The van der Waals surface area contributed by atoms with Crippen LogP contribution in [0.1, 0.15) is 40.8 Å². The van der Waals surface area contributed by atoms with Gasteiger partial charge < -0.3 is 10.5 Å². The lowest BCUT2D eigenvalue weighted by molar-refractivity contribution is 0.408. The lowest BCUT2D eigenvalue weighted by Crippen LogP contribution is -2.14. The maximum atomic E-state index is 6.48. The smallest absolute Gasteiger partial charge is 0.124 e. The van der Waals surface area contributed by atoms with Crippen LogP contribution in [0, 0.1) is 13.8 Å².